The molecule has 2 aromatic carbocycles. The molecule has 1 aromatic heterocycles. The van der Waals surface area contributed by atoms with Crippen molar-refractivity contribution >= 4 is 11.9 Å². The van der Waals surface area contributed by atoms with E-state index in [9.17, 15) is 14.7 Å². The van der Waals surface area contributed by atoms with E-state index >= 15 is 0 Å². The van der Waals surface area contributed by atoms with Crippen molar-refractivity contribution in [3.05, 3.63) is 66.1 Å². The largest absolute Gasteiger partial charge is 0.493 e. The first-order valence-electron chi connectivity index (χ1n) is 15.1. The number of esters is 1. The second-order valence-electron chi connectivity index (χ2n) is 11.4. The van der Waals surface area contributed by atoms with Crippen molar-refractivity contribution < 1.29 is 33.6 Å². The summed E-state index contributed by atoms with van der Waals surface area (Å²) in [5.74, 6) is 0.304. The number of carbonyl (C=O) groups excluding carboxylic acids is 2. The Balaban J connectivity index is 1.40. The van der Waals surface area contributed by atoms with E-state index in [2.05, 4.69) is 5.32 Å². The van der Waals surface area contributed by atoms with Crippen LogP contribution in [0.2, 0.25) is 0 Å². The highest BCUT2D eigenvalue weighted by Gasteiger charge is 2.42. The summed E-state index contributed by atoms with van der Waals surface area (Å²) in [6, 6.07) is 14.2. The average molecular weight is 607 g/mol. The van der Waals surface area contributed by atoms with Gasteiger partial charge in [0.2, 0.25) is 0 Å². The minimum absolute atomic E-state index is 0.153. The molecule has 0 bridgehead atoms. The number of nitrogens with one attached hydrogen (secondary N) is 1. The number of benzene rings is 2. The fraction of sp³-hybridized carbons (Fsp3) is 0.485. The highest BCUT2D eigenvalue weighted by Crippen LogP contribution is 2.41. The zero-order valence-electron chi connectivity index (χ0n) is 25.7. The number of hydrogen-bond acceptors (Lipinski definition) is 9. The van der Waals surface area contributed by atoms with Gasteiger partial charge in [-0.05, 0) is 31.0 Å². The monoisotopic (exact) mass is 606 g/mol. The Labute approximate surface area is 258 Å². The molecule has 1 saturated heterocycles. The third kappa shape index (κ3) is 6.59. The molecule has 11 nitrogen and oxygen atoms in total. The molecule has 2 fully saturated rings. The number of aromatic nitrogens is 2. The van der Waals surface area contributed by atoms with Gasteiger partial charge >= 0.3 is 5.97 Å². The fourth-order valence-corrected chi connectivity index (χ4v) is 6.42. The average Bonchev–Trinajstić information content (AvgIpc) is 3.49. The minimum Gasteiger partial charge on any atom is -0.493 e. The first-order valence-corrected chi connectivity index (χ1v) is 15.1. The Hall–Kier alpha value is -3.93. The molecule has 3 aromatic rings. The summed E-state index contributed by atoms with van der Waals surface area (Å²) in [6.07, 6.45) is 5.52. The van der Waals surface area contributed by atoms with Crippen molar-refractivity contribution in [2.75, 3.05) is 54.2 Å². The lowest BCUT2D eigenvalue weighted by Gasteiger charge is -2.41. The van der Waals surface area contributed by atoms with Gasteiger partial charge in [-0.25, -0.2) is 9.78 Å². The van der Waals surface area contributed by atoms with E-state index in [1.165, 1.54) is 7.11 Å². The Morgan fingerprint density at radius 3 is 2.66 bits per heavy atom. The van der Waals surface area contributed by atoms with Crippen molar-refractivity contribution in [1.29, 1.82) is 0 Å². The van der Waals surface area contributed by atoms with Gasteiger partial charge < -0.3 is 38.8 Å². The quantitative estimate of drug-likeness (QED) is 0.314. The van der Waals surface area contributed by atoms with Crippen LogP contribution in [0.4, 0.5) is 0 Å². The van der Waals surface area contributed by atoms with Crippen LogP contribution in [0, 0.1) is 0 Å². The molecule has 1 saturated carbocycles. The maximum atomic E-state index is 14.3. The molecule has 5 rings (SSSR count). The normalized spacial score (nSPS) is 22.0. The Kier molecular flexibility index (Phi) is 10.2. The molecule has 1 aliphatic heterocycles. The number of aliphatic hydroxyl groups is 1. The van der Waals surface area contributed by atoms with Gasteiger partial charge in [0.05, 0.1) is 51.1 Å². The third-order valence-corrected chi connectivity index (χ3v) is 8.64. The van der Waals surface area contributed by atoms with Crippen molar-refractivity contribution in [1.82, 2.24) is 19.8 Å². The summed E-state index contributed by atoms with van der Waals surface area (Å²) in [5.41, 5.74) is 1.24. The predicted molar refractivity (Wildman–Crippen MR) is 164 cm³/mol. The van der Waals surface area contributed by atoms with Gasteiger partial charge in [-0.2, -0.15) is 0 Å². The number of nitrogens with zero attached hydrogens (tertiary/aromatic N) is 3. The molecule has 1 aliphatic carbocycles. The van der Waals surface area contributed by atoms with Gasteiger partial charge in [-0.3, -0.25) is 4.79 Å². The number of piperazine rings is 1. The van der Waals surface area contributed by atoms with Crippen molar-refractivity contribution in [3.63, 3.8) is 0 Å². The molecule has 44 heavy (non-hydrogen) atoms. The minimum atomic E-state index is -1.06. The molecule has 2 heterocycles. The molecule has 1 amide bonds. The summed E-state index contributed by atoms with van der Waals surface area (Å²) in [6.45, 7) is 2.29. The molecule has 0 unspecified atom stereocenters. The van der Waals surface area contributed by atoms with Gasteiger partial charge in [0.15, 0.2) is 17.2 Å². The Morgan fingerprint density at radius 1 is 1.09 bits per heavy atom. The highest BCUT2D eigenvalue weighted by molar-refractivity contribution is 5.98. The van der Waals surface area contributed by atoms with Crippen LogP contribution in [0.1, 0.15) is 59.0 Å². The number of hydrogen-bond donors (Lipinski definition) is 2. The van der Waals surface area contributed by atoms with E-state index in [4.69, 9.17) is 23.9 Å². The lowest BCUT2D eigenvalue weighted by molar-refractivity contribution is -0.0893. The van der Waals surface area contributed by atoms with Gasteiger partial charge in [0.1, 0.15) is 5.60 Å². The van der Waals surface area contributed by atoms with Crippen LogP contribution >= 0.6 is 0 Å². The van der Waals surface area contributed by atoms with E-state index < -0.39 is 11.6 Å². The van der Waals surface area contributed by atoms with Crippen LogP contribution in [0.5, 0.6) is 11.5 Å². The van der Waals surface area contributed by atoms with Gasteiger partial charge in [0.25, 0.3) is 5.91 Å². The zero-order chi connectivity index (χ0) is 31.1. The van der Waals surface area contributed by atoms with Crippen LogP contribution in [-0.4, -0.2) is 97.3 Å². The number of carbonyl (C=O) groups is 2. The summed E-state index contributed by atoms with van der Waals surface area (Å²) in [5, 5.41) is 15.1. The summed E-state index contributed by atoms with van der Waals surface area (Å²) in [4.78, 5) is 32.9. The summed E-state index contributed by atoms with van der Waals surface area (Å²) < 4.78 is 23.8. The van der Waals surface area contributed by atoms with Crippen LogP contribution < -0.4 is 14.8 Å². The Morgan fingerprint density at radius 2 is 1.91 bits per heavy atom. The van der Waals surface area contributed by atoms with Crippen molar-refractivity contribution in [3.8, 4) is 22.8 Å². The second kappa shape index (κ2) is 14.2. The van der Waals surface area contributed by atoms with E-state index in [1.54, 1.807) is 38.7 Å². The third-order valence-electron chi connectivity index (χ3n) is 8.64. The number of ether oxygens (including phenoxy) is 4. The van der Waals surface area contributed by atoms with Gasteiger partial charge in [-0.1, -0.05) is 43.2 Å². The first-order chi connectivity index (χ1) is 21.4. The maximum absolute atomic E-state index is 14.3. The lowest BCUT2D eigenvalue weighted by Crippen LogP contribution is -2.54. The predicted octanol–water partition coefficient (Wildman–Crippen LogP) is 3.72. The molecule has 2 N–H and O–H groups in total. The maximum Gasteiger partial charge on any atom is 0.337 e. The van der Waals surface area contributed by atoms with Gasteiger partial charge in [0, 0.05) is 44.8 Å². The molecule has 3 atom stereocenters. The number of rotatable bonds is 11. The molecule has 0 radical (unpaired) electrons. The van der Waals surface area contributed by atoms with Crippen LogP contribution in [0.25, 0.3) is 11.3 Å². The fourth-order valence-electron chi connectivity index (χ4n) is 6.42. The molecular formula is C33H42N4O7. The molecule has 0 spiro atoms. The molecule has 2 aliphatic rings. The lowest BCUT2D eigenvalue weighted by atomic mass is 9.80. The smallest absolute Gasteiger partial charge is 0.337 e. The number of methoxy groups -OCH3 is 3. The number of imidazole rings is 1. The zero-order valence-corrected chi connectivity index (χ0v) is 25.7. The highest BCUT2D eigenvalue weighted by atomic mass is 16.5. The molecule has 236 valence electrons. The van der Waals surface area contributed by atoms with Crippen LogP contribution in [-0.2, 0) is 9.47 Å². The van der Waals surface area contributed by atoms with E-state index in [0.29, 0.717) is 67.5 Å². The van der Waals surface area contributed by atoms with Gasteiger partial charge in [-0.15, -0.1) is 0 Å². The standard InChI is InChI=1S/C33H42N4O7/c1-41-21-33(40)15-8-7-11-28(33)37-22-35-29(30(37)23-9-5-4-6-10-23)31(38)36-17-16-34-20-25(36)14-18-44-27-19-24(32(39)43-3)12-13-26(27)42-2/h4-6,9-10,12-13,19,22,25,28,34,40H,7-8,11,14-18,20-21H2,1-3H3/t25-,28-,33-/m1/s1. The second-order valence-corrected chi connectivity index (χ2v) is 11.4. The summed E-state index contributed by atoms with van der Waals surface area (Å²) >= 11 is 0. The van der Waals surface area contributed by atoms with E-state index in [-0.39, 0.29) is 24.6 Å². The summed E-state index contributed by atoms with van der Waals surface area (Å²) in [7, 11) is 4.47. The molecular weight excluding hydrogens is 564 g/mol. The SMILES string of the molecule is COC[C@]1(O)CCCC[C@H]1n1cnc(C(=O)N2CCNC[C@H]2CCOc2cc(C(=O)OC)ccc2OC)c1-c1ccccc1. The number of amides is 1. The van der Waals surface area contributed by atoms with E-state index in [1.807, 2.05) is 39.8 Å². The Bertz CT molecular complexity index is 1420. The first kappa shape index (κ1) is 31.5. The molecule has 11 heteroatoms. The van der Waals surface area contributed by atoms with E-state index in [0.717, 1.165) is 24.8 Å². The van der Waals surface area contributed by atoms with Crippen LogP contribution in [0.15, 0.2) is 54.9 Å². The van der Waals surface area contributed by atoms with Crippen molar-refractivity contribution in [2.24, 2.45) is 0 Å². The van der Waals surface area contributed by atoms with Crippen LogP contribution in [0.3, 0.4) is 0 Å². The van der Waals surface area contributed by atoms with Crippen molar-refractivity contribution in [2.45, 2.75) is 49.8 Å². The topological polar surface area (TPSA) is 124 Å².